The van der Waals surface area contributed by atoms with E-state index in [1.807, 2.05) is 31.1 Å². The monoisotopic (exact) mass is 354 g/mol. The number of hydrogen-bond acceptors (Lipinski definition) is 6. The molecule has 2 aromatic heterocycles. The number of aliphatic imine (C=N–C) groups is 1. The molecule has 0 spiro atoms. The largest absolute Gasteiger partial charge is 0.494 e. The molecule has 134 valence electrons. The molecular weight excluding hydrogens is 336 g/mol. The van der Waals surface area contributed by atoms with Gasteiger partial charge < -0.3 is 14.4 Å². The standard InChI is InChI=1S/C18H18N4O4/c1-21(2)13-7-5-12(6-8-13)19-10-15-16(23)20-18(25)22(17(15)24)11-14-4-3-9-26-14/h3-10,24H,11H2,1-2H3,(H,20,23,25). The summed E-state index contributed by atoms with van der Waals surface area (Å²) in [7, 11) is 3.86. The summed E-state index contributed by atoms with van der Waals surface area (Å²) < 4.78 is 6.19. The van der Waals surface area contributed by atoms with E-state index in [4.69, 9.17) is 4.42 Å². The molecule has 3 rings (SSSR count). The molecule has 0 saturated carbocycles. The number of furan rings is 1. The first-order valence-corrected chi connectivity index (χ1v) is 7.85. The number of nitrogens with zero attached hydrogens (tertiary/aromatic N) is 3. The summed E-state index contributed by atoms with van der Waals surface area (Å²) in [6.07, 6.45) is 2.69. The van der Waals surface area contributed by atoms with E-state index in [1.165, 1.54) is 12.5 Å². The van der Waals surface area contributed by atoms with Gasteiger partial charge in [-0.05, 0) is 36.4 Å². The second-order valence-corrected chi connectivity index (χ2v) is 5.83. The molecule has 0 aliphatic carbocycles. The highest BCUT2D eigenvalue weighted by Gasteiger charge is 2.13. The van der Waals surface area contributed by atoms with Crippen LogP contribution in [0.15, 0.2) is 61.7 Å². The number of aromatic hydroxyl groups is 1. The maximum atomic E-state index is 12.0. The van der Waals surface area contributed by atoms with Crippen LogP contribution in [0.4, 0.5) is 11.4 Å². The fourth-order valence-electron chi connectivity index (χ4n) is 2.37. The van der Waals surface area contributed by atoms with Gasteiger partial charge >= 0.3 is 5.69 Å². The maximum absolute atomic E-state index is 12.0. The zero-order valence-corrected chi connectivity index (χ0v) is 14.3. The van der Waals surface area contributed by atoms with E-state index in [0.29, 0.717) is 11.4 Å². The minimum atomic E-state index is -0.726. The molecule has 26 heavy (non-hydrogen) atoms. The van der Waals surface area contributed by atoms with Crippen molar-refractivity contribution >= 4 is 17.6 Å². The Bertz CT molecular complexity index is 1030. The van der Waals surface area contributed by atoms with Crippen LogP contribution in [0.5, 0.6) is 5.88 Å². The van der Waals surface area contributed by atoms with Gasteiger partial charge in [0.1, 0.15) is 11.3 Å². The van der Waals surface area contributed by atoms with Crippen molar-refractivity contribution in [2.24, 2.45) is 4.99 Å². The van der Waals surface area contributed by atoms with E-state index < -0.39 is 17.1 Å². The molecule has 0 saturated heterocycles. The Morgan fingerprint density at radius 1 is 1.23 bits per heavy atom. The van der Waals surface area contributed by atoms with Crippen LogP contribution in [0, 0.1) is 0 Å². The first-order valence-electron chi connectivity index (χ1n) is 7.85. The summed E-state index contributed by atoms with van der Waals surface area (Å²) in [4.78, 5) is 32.3. The Morgan fingerprint density at radius 3 is 2.58 bits per heavy atom. The second kappa shape index (κ2) is 7.14. The summed E-state index contributed by atoms with van der Waals surface area (Å²) >= 11 is 0. The van der Waals surface area contributed by atoms with Crippen molar-refractivity contribution in [3.8, 4) is 5.88 Å². The molecule has 8 heteroatoms. The van der Waals surface area contributed by atoms with E-state index in [-0.39, 0.29) is 12.1 Å². The number of aromatic amines is 1. The van der Waals surface area contributed by atoms with E-state index in [1.54, 1.807) is 24.3 Å². The van der Waals surface area contributed by atoms with Crippen LogP contribution in [-0.4, -0.2) is 35.0 Å². The van der Waals surface area contributed by atoms with Crippen molar-refractivity contribution in [3.63, 3.8) is 0 Å². The number of benzene rings is 1. The summed E-state index contributed by atoms with van der Waals surface area (Å²) in [6, 6.07) is 10.7. The maximum Gasteiger partial charge on any atom is 0.331 e. The molecule has 8 nitrogen and oxygen atoms in total. The smallest absolute Gasteiger partial charge is 0.331 e. The highest BCUT2D eigenvalue weighted by Crippen LogP contribution is 2.18. The van der Waals surface area contributed by atoms with Gasteiger partial charge in [-0.3, -0.25) is 19.3 Å². The average molecular weight is 354 g/mol. The Hall–Kier alpha value is -3.55. The molecule has 0 radical (unpaired) electrons. The van der Waals surface area contributed by atoms with Crippen LogP contribution in [0.1, 0.15) is 11.3 Å². The highest BCUT2D eigenvalue weighted by molar-refractivity contribution is 5.84. The van der Waals surface area contributed by atoms with Crippen molar-refractivity contribution in [3.05, 3.63) is 74.8 Å². The Kier molecular flexibility index (Phi) is 4.74. The summed E-state index contributed by atoms with van der Waals surface area (Å²) in [6.45, 7) is -0.00712. The quantitative estimate of drug-likeness (QED) is 0.679. The second-order valence-electron chi connectivity index (χ2n) is 5.83. The zero-order valence-electron chi connectivity index (χ0n) is 14.3. The number of hydrogen-bond donors (Lipinski definition) is 2. The van der Waals surface area contributed by atoms with Crippen LogP contribution in [0.3, 0.4) is 0 Å². The van der Waals surface area contributed by atoms with Gasteiger partial charge in [0.2, 0.25) is 5.88 Å². The van der Waals surface area contributed by atoms with Crippen LogP contribution < -0.4 is 16.1 Å². The van der Waals surface area contributed by atoms with E-state index in [9.17, 15) is 14.7 Å². The average Bonchev–Trinajstić information content (AvgIpc) is 3.12. The van der Waals surface area contributed by atoms with Gasteiger partial charge in [0.05, 0.1) is 18.5 Å². The molecule has 0 atom stereocenters. The molecule has 0 aliphatic rings. The van der Waals surface area contributed by atoms with Crippen molar-refractivity contribution in [2.75, 3.05) is 19.0 Å². The topological polar surface area (TPSA) is 104 Å². The fraction of sp³-hybridized carbons (Fsp3) is 0.167. The van der Waals surface area contributed by atoms with E-state index >= 15 is 0 Å². The molecule has 0 unspecified atom stereocenters. The number of aromatic nitrogens is 2. The SMILES string of the molecule is CN(C)c1ccc(N=Cc2c(O)n(Cc3ccco3)c(=O)[nH]c2=O)cc1. The summed E-state index contributed by atoms with van der Waals surface area (Å²) in [5.74, 6) is 0.000392. The van der Waals surface area contributed by atoms with Gasteiger partial charge in [0, 0.05) is 26.0 Å². The fourth-order valence-corrected chi connectivity index (χ4v) is 2.37. The number of rotatable bonds is 5. The minimum Gasteiger partial charge on any atom is -0.494 e. The molecule has 0 aliphatic heterocycles. The molecule has 0 bridgehead atoms. The minimum absolute atomic E-state index is 0.00712. The zero-order chi connectivity index (χ0) is 18.7. The van der Waals surface area contributed by atoms with Gasteiger partial charge in [-0.15, -0.1) is 0 Å². The van der Waals surface area contributed by atoms with Gasteiger partial charge in [-0.1, -0.05) is 0 Å². The van der Waals surface area contributed by atoms with Crippen molar-refractivity contribution in [2.45, 2.75) is 6.54 Å². The number of nitrogens with one attached hydrogen (secondary N) is 1. The lowest BCUT2D eigenvalue weighted by molar-refractivity contribution is 0.392. The Balaban J connectivity index is 1.94. The Morgan fingerprint density at radius 2 is 1.96 bits per heavy atom. The molecule has 2 heterocycles. The van der Waals surface area contributed by atoms with Crippen LogP contribution in [0.25, 0.3) is 0 Å². The molecular formula is C18H18N4O4. The molecule has 0 amide bonds. The number of anilines is 1. The molecule has 2 N–H and O–H groups in total. The predicted molar refractivity (Wildman–Crippen MR) is 98.8 cm³/mol. The van der Waals surface area contributed by atoms with Crippen molar-refractivity contribution in [1.82, 2.24) is 9.55 Å². The Labute approximate surface area is 148 Å². The van der Waals surface area contributed by atoms with E-state index in [0.717, 1.165) is 10.3 Å². The first kappa shape index (κ1) is 17.3. The molecule has 3 aromatic rings. The number of H-pyrrole nitrogens is 1. The third kappa shape index (κ3) is 3.59. The van der Waals surface area contributed by atoms with Gasteiger partial charge in [0.25, 0.3) is 5.56 Å². The van der Waals surface area contributed by atoms with Gasteiger partial charge in [0.15, 0.2) is 0 Å². The van der Waals surface area contributed by atoms with Crippen molar-refractivity contribution in [1.29, 1.82) is 0 Å². The summed E-state index contributed by atoms with van der Waals surface area (Å²) in [5.41, 5.74) is 0.0795. The van der Waals surface area contributed by atoms with Crippen LogP contribution >= 0.6 is 0 Å². The third-order valence-corrected chi connectivity index (χ3v) is 3.81. The van der Waals surface area contributed by atoms with Crippen LogP contribution in [-0.2, 0) is 6.54 Å². The van der Waals surface area contributed by atoms with Gasteiger partial charge in [-0.2, -0.15) is 0 Å². The molecule has 0 fully saturated rings. The lowest BCUT2D eigenvalue weighted by Gasteiger charge is -2.11. The summed E-state index contributed by atoms with van der Waals surface area (Å²) in [5, 5.41) is 10.3. The third-order valence-electron chi connectivity index (χ3n) is 3.81. The normalized spacial score (nSPS) is 11.2. The molecule has 1 aromatic carbocycles. The first-order chi connectivity index (χ1) is 12.5. The lowest BCUT2D eigenvalue weighted by Crippen LogP contribution is -2.32. The van der Waals surface area contributed by atoms with Crippen molar-refractivity contribution < 1.29 is 9.52 Å². The highest BCUT2D eigenvalue weighted by atomic mass is 16.3. The lowest BCUT2D eigenvalue weighted by atomic mass is 10.2. The predicted octanol–water partition coefficient (Wildman–Crippen LogP) is 1.70. The van der Waals surface area contributed by atoms with Gasteiger partial charge in [-0.25, -0.2) is 4.79 Å². The van der Waals surface area contributed by atoms with E-state index in [2.05, 4.69) is 9.98 Å². The van der Waals surface area contributed by atoms with Crippen LogP contribution in [0.2, 0.25) is 0 Å².